The first-order chi connectivity index (χ1) is 15.5. The van der Waals surface area contributed by atoms with E-state index in [4.69, 9.17) is 9.72 Å². The van der Waals surface area contributed by atoms with Gasteiger partial charge in [0.2, 0.25) is 5.91 Å². The molecule has 5 nitrogen and oxygen atoms in total. The Morgan fingerprint density at radius 3 is 2.78 bits per heavy atom. The highest BCUT2D eigenvalue weighted by molar-refractivity contribution is 8.00. The number of benzene rings is 1. The molecule has 0 saturated heterocycles. The number of nitrogens with one attached hydrogen (secondary N) is 1. The van der Waals surface area contributed by atoms with Crippen LogP contribution >= 0.6 is 23.1 Å². The van der Waals surface area contributed by atoms with Crippen LogP contribution in [0.25, 0.3) is 10.9 Å². The van der Waals surface area contributed by atoms with Crippen molar-refractivity contribution >= 4 is 50.9 Å². The van der Waals surface area contributed by atoms with Crippen molar-refractivity contribution in [3.63, 3.8) is 0 Å². The molecule has 0 bridgehead atoms. The van der Waals surface area contributed by atoms with E-state index in [0.717, 1.165) is 59.2 Å². The van der Waals surface area contributed by atoms with Gasteiger partial charge in [-0.15, -0.1) is 11.3 Å². The molecule has 0 saturated carbocycles. The molecule has 7 heteroatoms. The zero-order chi connectivity index (χ0) is 22.7. The van der Waals surface area contributed by atoms with Gasteiger partial charge in [-0.2, -0.15) is 0 Å². The summed E-state index contributed by atoms with van der Waals surface area (Å²) in [5.41, 5.74) is 4.89. The maximum atomic E-state index is 12.8. The summed E-state index contributed by atoms with van der Waals surface area (Å²) in [5, 5.41) is 5.58. The van der Waals surface area contributed by atoms with E-state index in [2.05, 4.69) is 30.4 Å². The van der Waals surface area contributed by atoms with Gasteiger partial charge < -0.3 is 10.1 Å². The summed E-state index contributed by atoms with van der Waals surface area (Å²) in [4.78, 5) is 31.3. The molecule has 1 amide bonds. The summed E-state index contributed by atoms with van der Waals surface area (Å²) < 4.78 is 5.28. The average molecular weight is 469 g/mol. The van der Waals surface area contributed by atoms with E-state index in [1.165, 1.54) is 33.5 Å². The van der Waals surface area contributed by atoms with Crippen LogP contribution in [0.5, 0.6) is 0 Å². The third kappa shape index (κ3) is 4.84. The molecule has 2 heterocycles. The van der Waals surface area contributed by atoms with Crippen molar-refractivity contribution in [3.05, 3.63) is 51.4 Å². The number of hydrogen-bond donors (Lipinski definition) is 1. The molecule has 32 heavy (non-hydrogen) atoms. The van der Waals surface area contributed by atoms with Crippen LogP contribution in [0.2, 0.25) is 0 Å². The van der Waals surface area contributed by atoms with Crippen molar-refractivity contribution in [3.8, 4) is 0 Å². The fourth-order valence-corrected chi connectivity index (χ4v) is 6.13. The summed E-state index contributed by atoms with van der Waals surface area (Å²) in [6.07, 6.45) is 4.99. The maximum absolute atomic E-state index is 12.8. The van der Waals surface area contributed by atoms with Gasteiger partial charge in [-0.1, -0.05) is 24.8 Å². The number of nitrogens with zero attached hydrogens (tertiary/aromatic N) is 1. The van der Waals surface area contributed by atoms with Crippen LogP contribution in [0.3, 0.4) is 0 Å². The normalized spacial score (nSPS) is 13.1. The predicted molar refractivity (Wildman–Crippen MR) is 132 cm³/mol. The number of rotatable bonds is 7. The number of anilines is 1. The smallest absolute Gasteiger partial charge is 0.341 e. The van der Waals surface area contributed by atoms with Gasteiger partial charge in [0.15, 0.2) is 0 Å². The standard InChI is InChI=1S/C25H28N2O3S2/c1-4-16-10-11-19-17(13-16)12-15(3)23(26-19)31-14-21(28)27-24-22(25(29)30-5-2)18-8-6-7-9-20(18)32-24/h10-13H,4-9,14H2,1-3H3,(H,27,28). The Bertz CT molecular complexity index is 1170. The van der Waals surface area contributed by atoms with Crippen LogP contribution in [0.4, 0.5) is 5.00 Å². The second-order valence-corrected chi connectivity index (χ2v) is 10.0. The lowest BCUT2D eigenvalue weighted by molar-refractivity contribution is -0.113. The highest BCUT2D eigenvalue weighted by Crippen LogP contribution is 2.38. The van der Waals surface area contributed by atoms with Crippen LogP contribution in [0.1, 0.15) is 58.6 Å². The lowest BCUT2D eigenvalue weighted by Crippen LogP contribution is -2.17. The molecule has 0 unspecified atom stereocenters. The van der Waals surface area contributed by atoms with Gasteiger partial charge in [0.1, 0.15) is 10.0 Å². The molecule has 1 N–H and O–H groups in total. The highest BCUT2D eigenvalue weighted by Gasteiger charge is 2.27. The summed E-state index contributed by atoms with van der Waals surface area (Å²) in [6, 6.07) is 8.45. The van der Waals surface area contributed by atoms with E-state index in [9.17, 15) is 9.59 Å². The van der Waals surface area contributed by atoms with Gasteiger partial charge in [-0.25, -0.2) is 9.78 Å². The topological polar surface area (TPSA) is 68.3 Å². The van der Waals surface area contributed by atoms with Crippen molar-refractivity contribution < 1.29 is 14.3 Å². The van der Waals surface area contributed by atoms with Crippen molar-refractivity contribution in [2.45, 2.75) is 57.9 Å². The Morgan fingerprint density at radius 1 is 1.19 bits per heavy atom. The van der Waals surface area contributed by atoms with Gasteiger partial charge in [0, 0.05) is 10.3 Å². The first-order valence-electron chi connectivity index (χ1n) is 11.1. The second-order valence-electron chi connectivity index (χ2n) is 7.96. The van der Waals surface area contributed by atoms with Crippen molar-refractivity contribution in [1.82, 2.24) is 4.98 Å². The quantitative estimate of drug-likeness (QED) is 0.343. The molecule has 1 aromatic carbocycles. The van der Waals surface area contributed by atoms with E-state index < -0.39 is 0 Å². The molecular formula is C25H28N2O3S2. The summed E-state index contributed by atoms with van der Waals surface area (Å²) in [5.74, 6) is -0.243. The molecule has 0 aliphatic heterocycles. The van der Waals surface area contributed by atoms with Crippen LogP contribution in [0, 0.1) is 6.92 Å². The number of hydrogen-bond acceptors (Lipinski definition) is 6. The van der Waals surface area contributed by atoms with Gasteiger partial charge in [-0.05, 0) is 80.8 Å². The average Bonchev–Trinajstić information content (AvgIpc) is 3.15. The minimum Gasteiger partial charge on any atom is -0.462 e. The SMILES string of the molecule is CCOC(=O)c1c(NC(=O)CSc2nc3ccc(CC)cc3cc2C)sc2c1CCCC2. The Hall–Kier alpha value is -2.38. The number of carbonyl (C=O) groups is 2. The van der Waals surface area contributed by atoms with Gasteiger partial charge >= 0.3 is 5.97 Å². The number of thioether (sulfide) groups is 1. The molecule has 168 valence electrons. The van der Waals surface area contributed by atoms with E-state index in [1.54, 1.807) is 6.92 Å². The molecule has 0 radical (unpaired) electrons. The number of carbonyl (C=O) groups excluding carboxylic acids is 2. The highest BCUT2D eigenvalue weighted by atomic mass is 32.2. The largest absolute Gasteiger partial charge is 0.462 e. The Morgan fingerprint density at radius 2 is 2.00 bits per heavy atom. The van der Waals surface area contributed by atoms with Gasteiger partial charge in [-0.3, -0.25) is 4.79 Å². The lowest BCUT2D eigenvalue weighted by Gasteiger charge is -2.12. The Labute approximate surface area is 197 Å². The lowest BCUT2D eigenvalue weighted by atomic mass is 9.95. The number of thiophene rings is 1. The number of aromatic nitrogens is 1. The van der Waals surface area contributed by atoms with E-state index in [1.807, 2.05) is 13.0 Å². The first-order valence-corrected chi connectivity index (χ1v) is 12.9. The molecule has 3 aromatic rings. The molecular weight excluding hydrogens is 440 g/mol. The van der Waals surface area contributed by atoms with E-state index in [0.29, 0.717) is 17.2 Å². The zero-order valence-corrected chi connectivity index (χ0v) is 20.4. The number of amides is 1. The summed E-state index contributed by atoms with van der Waals surface area (Å²) >= 11 is 2.94. The van der Waals surface area contributed by atoms with E-state index >= 15 is 0 Å². The summed E-state index contributed by atoms with van der Waals surface area (Å²) in [6.45, 7) is 6.28. The van der Waals surface area contributed by atoms with Gasteiger partial charge in [0.25, 0.3) is 0 Å². The molecule has 4 rings (SSSR count). The second kappa shape index (κ2) is 10.0. The van der Waals surface area contributed by atoms with Crippen molar-refractivity contribution in [1.29, 1.82) is 0 Å². The number of esters is 1. The third-order valence-electron chi connectivity index (χ3n) is 5.68. The zero-order valence-electron chi connectivity index (χ0n) is 18.7. The third-order valence-corrected chi connectivity index (χ3v) is 7.98. The summed E-state index contributed by atoms with van der Waals surface area (Å²) in [7, 11) is 0. The van der Waals surface area contributed by atoms with Crippen LogP contribution in [-0.4, -0.2) is 29.2 Å². The number of ether oxygens (including phenoxy) is 1. The Balaban J connectivity index is 1.49. The fourth-order valence-electron chi connectivity index (χ4n) is 4.05. The van der Waals surface area contributed by atoms with E-state index in [-0.39, 0.29) is 17.6 Å². The molecule has 0 spiro atoms. The molecule has 0 fully saturated rings. The van der Waals surface area contributed by atoms with Crippen LogP contribution in [0.15, 0.2) is 29.3 Å². The predicted octanol–water partition coefficient (Wildman–Crippen LogP) is 5.95. The number of aryl methyl sites for hydroxylation is 3. The van der Waals surface area contributed by atoms with Crippen molar-refractivity contribution in [2.75, 3.05) is 17.7 Å². The maximum Gasteiger partial charge on any atom is 0.341 e. The minimum atomic E-state index is -0.339. The van der Waals surface area contributed by atoms with Crippen molar-refractivity contribution in [2.24, 2.45) is 0 Å². The number of fused-ring (bicyclic) bond motifs is 2. The first kappa shape index (κ1) is 22.8. The Kier molecular flexibility index (Phi) is 7.16. The molecule has 1 aliphatic rings. The number of pyridine rings is 1. The van der Waals surface area contributed by atoms with Crippen LogP contribution < -0.4 is 5.32 Å². The molecule has 1 aliphatic carbocycles. The van der Waals surface area contributed by atoms with Crippen LogP contribution in [-0.2, 0) is 28.8 Å². The monoisotopic (exact) mass is 468 g/mol. The minimum absolute atomic E-state index is 0.137. The fraction of sp³-hybridized carbons (Fsp3) is 0.400. The van der Waals surface area contributed by atoms with Gasteiger partial charge in [0.05, 0.1) is 23.4 Å². The molecule has 0 atom stereocenters. The molecule has 2 aromatic heterocycles.